The van der Waals surface area contributed by atoms with Gasteiger partial charge in [0.05, 0.1) is 35.6 Å². The zero-order valence-corrected chi connectivity index (χ0v) is 23.1. The van der Waals surface area contributed by atoms with Gasteiger partial charge in [-0.25, -0.2) is 0 Å². The summed E-state index contributed by atoms with van der Waals surface area (Å²) < 4.78 is 19.0. The summed E-state index contributed by atoms with van der Waals surface area (Å²) in [6, 6.07) is 0. The van der Waals surface area contributed by atoms with Crippen molar-refractivity contribution in [2.45, 2.75) is 151 Å². The topological polar surface area (TPSA) is 47.9 Å². The Bertz CT molecular complexity index is 486. The lowest BCUT2D eigenvalue weighted by atomic mass is 9.68. The molecule has 0 aromatic heterocycles. The highest BCUT2D eigenvalue weighted by atomic mass is 16.5. The fourth-order valence-electron chi connectivity index (χ4n) is 4.35. The van der Waals surface area contributed by atoms with Crippen LogP contribution in [0.5, 0.6) is 0 Å². The van der Waals surface area contributed by atoms with E-state index < -0.39 is 5.60 Å². The quantitative estimate of drug-likeness (QED) is 0.258. The maximum Gasteiger partial charge on any atom is 0.0709 e. The van der Waals surface area contributed by atoms with E-state index in [2.05, 4.69) is 69.2 Å². The Morgan fingerprint density at radius 3 is 1.77 bits per heavy atom. The van der Waals surface area contributed by atoms with Gasteiger partial charge in [-0.1, -0.05) is 34.6 Å². The minimum atomic E-state index is -0.693. The van der Waals surface area contributed by atoms with E-state index in [-0.39, 0.29) is 28.8 Å². The highest BCUT2D eigenvalue weighted by Gasteiger charge is 2.44. The fraction of sp³-hybridized carbons (Fsp3) is 1.00. The Morgan fingerprint density at radius 2 is 1.35 bits per heavy atom. The lowest BCUT2D eigenvalue weighted by molar-refractivity contribution is -0.171. The molecular weight excluding hydrogens is 388 g/mol. The van der Waals surface area contributed by atoms with Gasteiger partial charge in [-0.2, -0.15) is 0 Å². The minimum absolute atomic E-state index is 0.0609. The predicted molar refractivity (Wildman–Crippen MR) is 133 cm³/mol. The zero-order chi connectivity index (χ0) is 24.5. The lowest BCUT2D eigenvalue weighted by Gasteiger charge is -2.48. The third-order valence-electron chi connectivity index (χ3n) is 7.87. The summed E-state index contributed by atoms with van der Waals surface area (Å²) in [7, 11) is 0. The molecular formula is C27H56O4. The molecule has 0 aromatic carbocycles. The molecule has 0 aliphatic rings. The Balaban J connectivity index is 5.13. The Hall–Kier alpha value is -0.160. The molecule has 0 aromatic rings. The lowest BCUT2D eigenvalue weighted by Crippen LogP contribution is -2.49. The van der Waals surface area contributed by atoms with Crippen molar-refractivity contribution in [2.75, 3.05) is 13.2 Å². The number of hydrogen-bond donors (Lipinski definition) is 1. The van der Waals surface area contributed by atoms with E-state index in [0.717, 1.165) is 38.7 Å². The molecule has 0 bridgehead atoms. The molecule has 0 saturated heterocycles. The normalized spacial score (nSPS) is 20.7. The van der Waals surface area contributed by atoms with E-state index in [1.807, 2.05) is 13.8 Å². The summed E-state index contributed by atoms with van der Waals surface area (Å²) in [5, 5.41) is 10.0. The highest BCUT2D eigenvalue weighted by molar-refractivity contribution is 4.94. The van der Waals surface area contributed by atoms with E-state index in [1.54, 1.807) is 0 Å². The van der Waals surface area contributed by atoms with Gasteiger partial charge in [0, 0.05) is 6.61 Å². The average Bonchev–Trinajstić information content (AvgIpc) is 2.65. The van der Waals surface area contributed by atoms with E-state index in [0.29, 0.717) is 18.9 Å². The van der Waals surface area contributed by atoms with Crippen molar-refractivity contribution >= 4 is 0 Å². The second-order valence-corrected chi connectivity index (χ2v) is 11.3. The third-order valence-corrected chi connectivity index (χ3v) is 7.87. The van der Waals surface area contributed by atoms with Gasteiger partial charge in [0.15, 0.2) is 0 Å². The van der Waals surface area contributed by atoms with E-state index >= 15 is 0 Å². The van der Waals surface area contributed by atoms with Crippen LogP contribution >= 0.6 is 0 Å². The van der Waals surface area contributed by atoms with Crippen LogP contribution in [-0.2, 0) is 14.2 Å². The zero-order valence-electron chi connectivity index (χ0n) is 23.1. The van der Waals surface area contributed by atoms with Crippen LogP contribution in [0.15, 0.2) is 0 Å². The average molecular weight is 445 g/mol. The van der Waals surface area contributed by atoms with Crippen LogP contribution in [-0.4, -0.2) is 47.3 Å². The van der Waals surface area contributed by atoms with Crippen molar-refractivity contribution in [3.63, 3.8) is 0 Å². The molecule has 0 aliphatic heterocycles. The SMILES string of the molecule is CCC(C)(OCCC(C)(C)O)C(C)CC(C)OC(C)(CC)C(C)(CC)CCOC(C)C. The second kappa shape index (κ2) is 12.9. The van der Waals surface area contributed by atoms with Gasteiger partial charge in [0.25, 0.3) is 0 Å². The molecule has 4 heteroatoms. The minimum Gasteiger partial charge on any atom is -0.390 e. The van der Waals surface area contributed by atoms with Gasteiger partial charge < -0.3 is 19.3 Å². The van der Waals surface area contributed by atoms with Crippen molar-refractivity contribution in [1.29, 1.82) is 0 Å². The molecule has 0 aliphatic carbocycles. The van der Waals surface area contributed by atoms with Crippen molar-refractivity contribution < 1.29 is 19.3 Å². The Labute approximate surface area is 194 Å². The molecule has 0 amide bonds. The van der Waals surface area contributed by atoms with Crippen LogP contribution in [0, 0.1) is 11.3 Å². The van der Waals surface area contributed by atoms with Crippen LogP contribution in [0.25, 0.3) is 0 Å². The van der Waals surface area contributed by atoms with Gasteiger partial charge in [0.1, 0.15) is 0 Å². The van der Waals surface area contributed by atoms with Crippen LogP contribution in [0.1, 0.15) is 122 Å². The monoisotopic (exact) mass is 444 g/mol. The van der Waals surface area contributed by atoms with Crippen molar-refractivity contribution in [3.05, 3.63) is 0 Å². The number of rotatable bonds is 17. The van der Waals surface area contributed by atoms with Crippen LogP contribution in [0.2, 0.25) is 0 Å². The molecule has 0 saturated carbocycles. The smallest absolute Gasteiger partial charge is 0.0709 e. The van der Waals surface area contributed by atoms with E-state index in [9.17, 15) is 5.11 Å². The number of aliphatic hydroxyl groups is 1. The first-order valence-corrected chi connectivity index (χ1v) is 12.7. The van der Waals surface area contributed by atoms with Gasteiger partial charge in [-0.05, 0) is 98.3 Å². The van der Waals surface area contributed by atoms with Crippen LogP contribution < -0.4 is 0 Å². The number of hydrogen-bond acceptors (Lipinski definition) is 4. The molecule has 0 spiro atoms. The third kappa shape index (κ3) is 10.1. The maximum absolute atomic E-state index is 10.0. The molecule has 0 rings (SSSR count). The van der Waals surface area contributed by atoms with E-state index in [4.69, 9.17) is 14.2 Å². The molecule has 0 heterocycles. The first kappa shape index (κ1) is 30.8. The summed E-state index contributed by atoms with van der Waals surface area (Å²) in [5.74, 6) is 0.354. The van der Waals surface area contributed by atoms with Gasteiger partial charge in [-0.3, -0.25) is 0 Å². The van der Waals surface area contributed by atoms with Crippen LogP contribution in [0.4, 0.5) is 0 Å². The van der Waals surface area contributed by atoms with E-state index in [1.165, 1.54) is 0 Å². The molecule has 0 fully saturated rings. The fourth-order valence-corrected chi connectivity index (χ4v) is 4.35. The Morgan fingerprint density at radius 1 is 0.774 bits per heavy atom. The largest absolute Gasteiger partial charge is 0.390 e. The molecule has 0 radical (unpaired) electrons. The summed E-state index contributed by atoms with van der Waals surface area (Å²) in [6.45, 7) is 27.2. The second-order valence-electron chi connectivity index (χ2n) is 11.3. The molecule has 188 valence electrons. The van der Waals surface area contributed by atoms with Crippen molar-refractivity contribution in [3.8, 4) is 0 Å². The van der Waals surface area contributed by atoms with Gasteiger partial charge >= 0.3 is 0 Å². The molecule has 31 heavy (non-hydrogen) atoms. The summed E-state index contributed by atoms with van der Waals surface area (Å²) >= 11 is 0. The Kier molecular flexibility index (Phi) is 12.8. The van der Waals surface area contributed by atoms with Gasteiger partial charge in [0.2, 0.25) is 0 Å². The molecule has 1 N–H and O–H groups in total. The molecule has 5 unspecified atom stereocenters. The maximum atomic E-state index is 10.0. The summed E-state index contributed by atoms with van der Waals surface area (Å²) in [5.41, 5.74) is -1.05. The van der Waals surface area contributed by atoms with Crippen molar-refractivity contribution in [2.24, 2.45) is 11.3 Å². The summed E-state index contributed by atoms with van der Waals surface area (Å²) in [6.07, 6.45) is 5.97. The standard InChI is InChI=1S/C27H56O4/c1-13-25(10,17-18-29-21(4)5)27(12,15-3)31-23(7)20-22(6)26(11,14-2)30-19-16-24(8,9)28/h21-23,28H,13-20H2,1-12H3. The molecule has 5 atom stereocenters. The first-order chi connectivity index (χ1) is 14.1. The molecule has 4 nitrogen and oxygen atoms in total. The van der Waals surface area contributed by atoms with Gasteiger partial charge in [-0.15, -0.1) is 0 Å². The highest BCUT2D eigenvalue weighted by Crippen LogP contribution is 2.44. The summed E-state index contributed by atoms with van der Waals surface area (Å²) in [4.78, 5) is 0. The first-order valence-electron chi connectivity index (χ1n) is 12.7. The number of ether oxygens (including phenoxy) is 3. The predicted octanol–water partition coefficient (Wildman–Crippen LogP) is 7.16. The van der Waals surface area contributed by atoms with Crippen molar-refractivity contribution in [1.82, 2.24) is 0 Å². The van der Waals surface area contributed by atoms with Crippen LogP contribution in [0.3, 0.4) is 0 Å².